The second-order valence-corrected chi connectivity index (χ2v) is 5.61. The highest BCUT2D eigenvalue weighted by Crippen LogP contribution is 2.33. The molecule has 0 fully saturated rings. The van der Waals surface area contributed by atoms with Gasteiger partial charge in [0, 0.05) is 11.1 Å². The van der Waals surface area contributed by atoms with Crippen LogP contribution in [0.5, 0.6) is 17.2 Å². The van der Waals surface area contributed by atoms with Crippen LogP contribution in [-0.4, -0.2) is 32.2 Å². The number of carbonyl (C=O) groups excluding carboxylic acids is 1. The van der Waals surface area contributed by atoms with E-state index < -0.39 is 5.97 Å². The predicted octanol–water partition coefficient (Wildman–Crippen LogP) is 3.84. The van der Waals surface area contributed by atoms with E-state index in [1.807, 2.05) is 44.2 Å². The van der Waals surface area contributed by atoms with E-state index in [9.17, 15) is 4.79 Å². The summed E-state index contributed by atoms with van der Waals surface area (Å²) >= 11 is 0. The molecule has 6 heteroatoms. The SMILES string of the molecule is CCOc1ccc(C2=NC(=Cc3cccc(OCC)c3OC)C(=O)O2)cc1. The Kier molecular flexibility index (Phi) is 5.76. The van der Waals surface area contributed by atoms with Crippen molar-refractivity contribution in [2.75, 3.05) is 20.3 Å². The molecule has 2 aromatic carbocycles. The molecule has 1 aliphatic heterocycles. The van der Waals surface area contributed by atoms with Gasteiger partial charge in [0.15, 0.2) is 17.2 Å². The summed E-state index contributed by atoms with van der Waals surface area (Å²) in [5.41, 5.74) is 1.59. The second-order valence-electron chi connectivity index (χ2n) is 5.61. The van der Waals surface area contributed by atoms with Gasteiger partial charge in [0.05, 0.1) is 20.3 Å². The van der Waals surface area contributed by atoms with E-state index in [-0.39, 0.29) is 11.6 Å². The number of cyclic esters (lactones) is 1. The Hall–Kier alpha value is -3.28. The van der Waals surface area contributed by atoms with E-state index in [4.69, 9.17) is 18.9 Å². The topological polar surface area (TPSA) is 66.3 Å². The van der Waals surface area contributed by atoms with Gasteiger partial charge in [0.1, 0.15) is 5.75 Å². The minimum absolute atomic E-state index is 0.200. The van der Waals surface area contributed by atoms with Gasteiger partial charge in [-0.2, -0.15) is 0 Å². The van der Waals surface area contributed by atoms with Crippen molar-refractivity contribution in [3.8, 4) is 17.2 Å². The average Bonchev–Trinajstić information content (AvgIpc) is 3.04. The van der Waals surface area contributed by atoms with Crippen molar-refractivity contribution in [2.45, 2.75) is 13.8 Å². The molecule has 6 nitrogen and oxygen atoms in total. The Balaban J connectivity index is 1.91. The quantitative estimate of drug-likeness (QED) is 0.549. The number of hydrogen-bond acceptors (Lipinski definition) is 6. The average molecular weight is 367 g/mol. The standard InChI is InChI=1S/C21H21NO5/c1-4-25-16-11-9-14(10-12-16)20-22-17(21(23)27-20)13-15-7-6-8-18(26-5-2)19(15)24-3/h6-13H,4-5H2,1-3H3. The molecule has 0 saturated heterocycles. The van der Waals surface area contributed by atoms with Crippen molar-refractivity contribution in [1.82, 2.24) is 0 Å². The van der Waals surface area contributed by atoms with Gasteiger partial charge in [0.25, 0.3) is 0 Å². The smallest absolute Gasteiger partial charge is 0.363 e. The van der Waals surface area contributed by atoms with Crippen LogP contribution in [0.3, 0.4) is 0 Å². The Morgan fingerprint density at radius 2 is 1.78 bits per heavy atom. The maximum atomic E-state index is 12.2. The minimum atomic E-state index is -0.511. The van der Waals surface area contributed by atoms with E-state index in [0.29, 0.717) is 35.8 Å². The number of rotatable bonds is 7. The van der Waals surface area contributed by atoms with Crippen LogP contribution in [0.15, 0.2) is 53.2 Å². The summed E-state index contributed by atoms with van der Waals surface area (Å²) in [6.07, 6.45) is 1.63. The van der Waals surface area contributed by atoms with Crippen molar-refractivity contribution in [3.05, 3.63) is 59.3 Å². The molecule has 0 bridgehead atoms. The molecule has 0 unspecified atom stereocenters. The fourth-order valence-electron chi connectivity index (χ4n) is 2.67. The van der Waals surface area contributed by atoms with Crippen molar-refractivity contribution >= 4 is 17.9 Å². The fraction of sp³-hybridized carbons (Fsp3) is 0.238. The lowest BCUT2D eigenvalue weighted by atomic mass is 10.1. The van der Waals surface area contributed by atoms with E-state index in [1.54, 1.807) is 25.3 Å². The van der Waals surface area contributed by atoms with Gasteiger partial charge >= 0.3 is 5.97 Å². The monoisotopic (exact) mass is 367 g/mol. The molecular formula is C21H21NO5. The summed E-state index contributed by atoms with van der Waals surface area (Å²) in [7, 11) is 1.56. The van der Waals surface area contributed by atoms with Crippen LogP contribution >= 0.6 is 0 Å². The Morgan fingerprint density at radius 1 is 1.04 bits per heavy atom. The van der Waals surface area contributed by atoms with Crippen molar-refractivity contribution in [1.29, 1.82) is 0 Å². The zero-order valence-corrected chi connectivity index (χ0v) is 15.5. The molecule has 2 aromatic rings. The molecule has 0 aromatic heterocycles. The predicted molar refractivity (Wildman–Crippen MR) is 102 cm³/mol. The molecule has 3 rings (SSSR count). The Morgan fingerprint density at radius 3 is 2.44 bits per heavy atom. The number of para-hydroxylation sites is 1. The second kappa shape index (κ2) is 8.40. The molecule has 0 amide bonds. The molecule has 27 heavy (non-hydrogen) atoms. The number of esters is 1. The van der Waals surface area contributed by atoms with Gasteiger partial charge < -0.3 is 18.9 Å². The van der Waals surface area contributed by atoms with Crippen LogP contribution in [0.1, 0.15) is 25.0 Å². The number of ether oxygens (including phenoxy) is 4. The number of carbonyl (C=O) groups is 1. The molecule has 0 aliphatic carbocycles. The summed E-state index contributed by atoms with van der Waals surface area (Å²) < 4.78 is 21.7. The van der Waals surface area contributed by atoms with Crippen LogP contribution in [-0.2, 0) is 9.53 Å². The van der Waals surface area contributed by atoms with Gasteiger partial charge in [0.2, 0.25) is 5.90 Å². The highest BCUT2D eigenvalue weighted by Gasteiger charge is 2.25. The first kappa shape index (κ1) is 18.5. The van der Waals surface area contributed by atoms with Gasteiger partial charge in [-0.1, -0.05) is 12.1 Å². The molecule has 0 spiro atoms. The van der Waals surface area contributed by atoms with E-state index in [1.165, 1.54) is 0 Å². The molecule has 140 valence electrons. The summed E-state index contributed by atoms with van der Waals surface area (Å²) in [4.78, 5) is 16.6. The first-order valence-electron chi connectivity index (χ1n) is 8.71. The van der Waals surface area contributed by atoms with Crippen molar-refractivity contribution in [2.24, 2.45) is 4.99 Å². The summed E-state index contributed by atoms with van der Waals surface area (Å²) in [6, 6.07) is 12.7. The third-order valence-corrected chi connectivity index (χ3v) is 3.84. The van der Waals surface area contributed by atoms with Gasteiger partial charge in [-0.15, -0.1) is 0 Å². The first-order valence-corrected chi connectivity index (χ1v) is 8.71. The largest absolute Gasteiger partial charge is 0.494 e. The summed E-state index contributed by atoms with van der Waals surface area (Å²) in [5, 5.41) is 0. The number of nitrogens with zero attached hydrogens (tertiary/aromatic N) is 1. The zero-order chi connectivity index (χ0) is 19.2. The van der Waals surface area contributed by atoms with E-state index in [2.05, 4.69) is 4.99 Å². The number of methoxy groups -OCH3 is 1. The molecule has 1 heterocycles. The van der Waals surface area contributed by atoms with E-state index >= 15 is 0 Å². The molecule has 0 saturated carbocycles. The lowest BCUT2D eigenvalue weighted by molar-refractivity contribution is -0.129. The van der Waals surface area contributed by atoms with Gasteiger partial charge in [-0.3, -0.25) is 0 Å². The van der Waals surface area contributed by atoms with Crippen LogP contribution in [0.2, 0.25) is 0 Å². The van der Waals surface area contributed by atoms with Gasteiger partial charge in [-0.25, -0.2) is 9.79 Å². The third kappa shape index (κ3) is 4.11. The maximum absolute atomic E-state index is 12.2. The van der Waals surface area contributed by atoms with Crippen molar-refractivity contribution < 1.29 is 23.7 Å². The minimum Gasteiger partial charge on any atom is -0.494 e. The van der Waals surface area contributed by atoms with Crippen LogP contribution in [0, 0.1) is 0 Å². The maximum Gasteiger partial charge on any atom is 0.363 e. The lowest BCUT2D eigenvalue weighted by Crippen LogP contribution is -2.05. The van der Waals surface area contributed by atoms with Crippen LogP contribution in [0.4, 0.5) is 0 Å². The molecule has 0 atom stereocenters. The Bertz CT molecular complexity index is 884. The summed E-state index contributed by atoms with van der Waals surface area (Å²) in [5.74, 6) is 1.65. The number of benzene rings is 2. The fourth-order valence-corrected chi connectivity index (χ4v) is 2.67. The van der Waals surface area contributed by atoms with Crippen molar-refractivity contribution in [3.63, 3.8) is 0 Å². The highest BCUT2D eigenvalue weighted by atomic mass is 16.6. The molecule has 0 radical (unpaired) electrons. The lowest BCUT2D eigenvalue weighted by Gasteiger charge is -2.11. The molecular weight excluding hydrogens is 346 g/mol. The summed E-state index contributed by atoms with van der Waals surface area (Å²) in [6.45, 7) is 4.91. The molecule has 1 aliphatic rings. The Labute approximate surface area is 158 Å². The normalized spacial score (nSPS) is 14.7. The van der Waals surface area contributed by atoms with Gasteiger partial charge in [-0.05, 0) is 50.3 Å². The first-order chi connectivity index (χ1) is 13.2. The number of aliphatic imine (C=N–C) groups is 1. The zero-order valence-electron chi connectivity index (χ0n) is 15.5. The highest BCUT2D eigenvalue weighted by molar-refractivity contribution is 6.13. The molecule has 0 N–H and O–H groups in total. The number of hydrogen-bond donors (Lipinski definition) is 0. The third-order valence-electron chi connectivity index (χ3n) is 3.84. The van der Waals surface area contributed by atoms with E-state index in [0.717, 1.165) is 5.75 Å². The van der Waals surface area contributed by atoms with Crippen LogP contribution < -0.4 is 14.2 Å². The van der Waals surface area contributed by atoms with Crippen LogP contribution in [0.25, 0.3) is 6.08 Å².